The van der Waals surface area contributed by atoms with Gasteiger partial charge in [0.15, 0.2) is 0 Å². The van der Waals surface area contributed by atoms with Gasteiger partial charge in [0.2, 0.25) is 0 Å². The third-order valence-electron chi connectivity index (χ3n) is 3.48. The van der Waals surface area contributed by atoms with E-state index in [2.05, 4.69) is 0 Å². The van der Waals surface area contributed by atoms with Crippen molar-refractivity contribution in [2.75, 3.05) is 7.11 Å². The van der Waals surface area contributed by atoms with E-state index in [1.165, 1.54) is 12.1 Å². The van der Waals surface area contributed by atoms with Crippen molar-refractivity contribution in [3.63, 3.8) is 0 Å². The lowest BCUT2D eigenvalue weighted by Crippen LogP contribution is -2.03. The Morgan fingerprint density at radius 1 is 0.826 bits per heavy atom. The Morgan fingerprint density at radius 3 is 2.13 bits per heavy atom. The predicted octanol–water partition coefficient (Wildman–Crippen LogP) is 5.64. The second-order valence-corrected chi connectivity index (χ2v) is 4.94. The van der Waals surface area contributed by atoms with Crippen molar-refractivity contribution in [1.82, 2.24) is 0 Å². The van der Waals surface area contributed by atoms with E-state index in [4.69, 9.17) is 9.15 Å². The number of ether oxygens (including phenoxy) is 1. The van der Waals surface area contributed by atoms with Crippen LogP contribution in [0.25, 0.3) is 22.6 Å². The molecule has 0 aliphatic rings. The molecule has 3 aromatic rings. The van der Waals surface area contributed by atoms with Crippen LogP contribution in [0.5, 0.6) is 5.75 Å². The van der Waals surface area contributed by atoms with E-state index in [1.54, 1.807) is 19.2 Å². The Hall–Kier alpha value is -2.69. The standard InChI is InChI=1S/C18H13F3O2/c1-22-16-5-3-2-4-14(16)17-11-10-15(23-17)12-6-8-13(9-7-12)18(19,20)21/h2-11H,1H3. The topological polar surface area (TPSA) is 22.4 Å². The molecular weight excluding hydrogens is 305 g/mol. The zero-order chi connectivity index (χ0) is 16.4. The van der Waals surface area contributed by atoms with Gasteiger partial charge in [-0.15, -0.1) is 0 Å². The average Bonchev–Trinajstić information content (AvgIpc) is 3.04. The van der Waals surface area contributed by atoms with Crippen LogP contribution in [0.2, 0.25) is 0 Å². The molecule has 0 atom stereocenters. The summed E-state index contributed by atoms with van der Waals surface area (Å²) in [6.07, 6.45) is -4.34. The van der Waals surface area contributed by atoms with E-state index in [1.807, 2.05) is 24.3 Å². The van der Waals surface area contributed by atoms with Gasteiger partial charge in [0.25, 0.3) is 0 Å². The van der Waals surface area contributed by atoms with Gasteiger partial charge in [-0.1, -0.05) is 24.3 Å². The van der Waals surface area contributed by atoms with E-state index in [0.717, 1.165) is 17.7 Å². The van der Waals surface area contributed by atoms with Crippen LogP contribution in [0, 0.1) is 0 Å². The molecule has 2 nitrogen and oxygen atoms in total. The molecule has 0 unspecified atom stereocenters. The first-order chi connectivity index (χ1) is 11.0. The first kappa shape index (κ1) is 15.2. The summed E-state index contributed by atoms with van der Waals surface area (Å²) in [5.74, 6) is 1.76. The fraction of sp³-hybridized carbons (Fsp3) is 0.111. The Morgan fingerprint density at radius 2 is 1.48 bits per heavy atom. The van der Waals surface area contributed by atoms with Crippen molar-refractivity contribution >= 4 is 0 Å². The summed E-state index contributed by atoms with van der Waals surface area (Å²) in [4.78, 5) is 0. The van der Waals surface area contributed by atoms with Crippen molar-refractivity contribution in [3.05, 3.63) is 66.2 Å². The van der Waals surface area contributed by atoms with E-state index in [0.29, 0.717) is 22.8 Å². The summed E-state index contributed by atoms with van der Waals surface area (Å²) < 4.78 is 48.8. The summed E-state index contributed by atoms with van der Waals surface area (Å²) in [6.45, 7) is 0. The number of methoxy groups -OCH3 is 1. The van der Waals surface area contributed by atoms with E-state index < -0.39 is 11.7 Å². The summed E-state index contributed by atoms with van der Waals surface area (Å²) in [5.41, 5.74) is 0.685. The van der Waals surface area contributed by atoms with E-state index in [9.17, 15) is 13.2 Å². The van der Waals surface area contributed by atoms with Crippen LogP contribution < -0.4 is 4.74 Å². The molecule has 0 N–H and O–H groups in total. The Bertz CT molecular complexity index is 802. The van der Waals surface area contributed by atoms with Crippen molar-refractivity contribution in [1.29, 1.82) is 0 Å². The molecule has 0 bridgehead atoms. The van der Waals surface area contributed by atoms with E-state index >= 15 is 0 Å². The van der Waals surface area contributed by atoms with Crippen LogP contribution in [0.1, 0.15) is 5.56 Å². The fourth-order valence-corrected chi connectivity index (χ4v) is 2.31. The van der Waals surface area contributed by atoms with Gasteiger partial charge in [-0.05, 0) is 36.4 Å². The zero-order valence-corrected chi connectivity index (χ0v) is 12.2. The molecule has 0 spiro atoms. The molecule has 118 valence electrons. The number of halogens is 3. The van der Waals surface area contributed by atoms with Crippen LogP contribution in [0.4, 0.5) is 13.2 Å². The van der Waals surface area contributed by atoms with Crippen LogP contribution in [0.15, 0.2) is 65.1 Å². The lowest BCUT2D eigenvalue weighted by molar-refractivity contribution is -0.137. The number of hydrogen-bond donors (Lipinski definition) is 0. The van der Waals surface area contributed by atoms with Gasteiger partial charge in [0.05, 0.1) is 18.2 Å². The Balaban J connectivity index is 1.93. The minimum absolute atomic E-state index is 0.500. The first-order valence-electron chi connectivity index (χ1n) is 6.90. The molecule has 0 aliphatic heterocycles. The molecule has 5 heteroatoms. The maximum Gasteiger partial charge on any atom is 0.416 e. The molecule has 0 fully saturated rings. The van der Waals surface area contributed by atoms with Crippen LogP contribution in [0.3, 0.4) is 0 Å². The highest BCUT2D eigenvalue weighted by Crippen LogP contribution is 2.35. The number of furan rings is 1. The van der Waals surface area contributed by atoms with Gasteiger partial charge in [-0.3, -0.25) is 0 Å². The van der Waals surface area contributed by atoms with Gasteiger partial charge >= 0.3 is 6.18 Å². The Labute approximate surface area is 131 Å². The zero-order valence-electron chi connectivity index (χ0n) is 12.2. The molecule has 0 saturated carbocycles. The monoisotopic (exact) mass is 318 g/mol. The fourth-order valence-electron chi connectivity index (χ4n) is 2.31. The van der Waals surface area contributed by atoms with E-state index in [-0.39, 0.29) is 0 Å². The summed E-state index contributed by atoms with van der Waals surface area (Å²) in [7, 11) is 1.57. The number of hydrogen-bond acceptors (Lipinski definition) is 2. The van der Waals surface area contributed by atoms with Crippen LogP contribution >= 0.6 is 0 Å². The molecule has 1 heterocycles. The maximum absolute atomic E-state index is 12.6. The van der Waals surface area contributed by atoms with Crippen molar-refractivity contribution in [2.24, 2.45) is 0 Å². The molecule has 0 amide bonds. The summed E-state index contributed by atoms with van der Waals surface area (Å²) in [5, 5.41) is 0. The highest BCUT2D eigenvalue weighted by Gasteiger charge is 2.30. The minimum Gasteiger partial charge on any atom is -0.496 e. The second kappa shape index (κ2) is 5.83. The normalized spacial score (nSPS) is 11.5. The SMILES string of the molecule is COc1ccccc1-c1ccc(-c2ccc(C(F)(F)F)cc2)o1. The van der Waals surface area contributed by atoms with Gasteiger partial charge in [-0.2, -0.15) is 13.2 Å². The van der Waals surface area contributed by atoms with Crippen molar-refractivity contribution in [3.8, 4) is 28.4 Å². The van der Waals surface area contributed by atoms with Gasteiger partial charge in [0, 0.05) is 5.56 Å². The molecule has 0 aliphatic carbocycles. The number of benzene rings is 2. The molecule has 23 heavy (non-hydrogen) atoms. The molecule has 3 rings (SSSR count). The van der Waals surface area contributed by atoms with Gasteiger partial charge < -0.3 is 9.15 Å². The van der Waals surface area contributed by atoms with Crippen molar-refractivity contribution in [2.45, 2.75) is 6.18 Å². The molecule has 1 aromatic heterocycles. The number of para-hydroxylation sites is 1. The Kier molecular flexibility index (Phi) is 3.86. The number of rotatable bonds is 3. The molecule has 2 aromatic carbocycles. The molecule has 0 saturated heterocycles. The lowest BCUT2D eigenvalue weighted by atomic mass is 10.1. The quantitative estimate of drug-likeness (QED) is 0.623. The highest BCUT2D eigenvalue weighted by molar-refractivity contribution is 5.69. The number of alkyl halides is 3. The first-order valence-corrected chi connectivity index (χ1v) is 6.90. The maximum atomic E-state index is 12.6. The third-order valence-corrected chi connectivity index (χ3v) is 3.48. The smallest absolute Gasteiger partial charge is 0.416 e. The highest BCUT2D eigenvalue weighted by atomic mass is 19.4. The summed E-state index contributed by atoms with van der Waals surface area (Å²) >= 11 is 0. The second-order valence-electron chi connectivity index (χ2n) is 4.94. The van der Waals surface area contributed by atoms with Crippen LogP contribution in [-0.2, 0) is 6.18 Å². The lowest BCUT2D eigenvalue weighted by Gasteiger charge is -2.07. The third kappa shape index (κ3) is 3.08. The average molecular weight is 318 g/mol. The molecule has 0 radical (unpaired) electrons. The summed E-state index contributed by atoms with van der Waals surface area (Å²) in [6, 6.07) is 15.8. The predicted molar refractivity (Wildman–Crippen MR) is 81.1 cm³/mol. The van der Waals surface area contributed by atoms with Crippen molar-refractivity contribution < 1.29 is 22.3 Å². The minimum atomic E-state index is -4.34. The largest absolute Gasteiger partial charge is 0.496 e. The van der Waals surface area contributed by atoms with Gasteiger partial charge in [0.1, 0.15) is 17.3 Å². The van der Waals surface area contributed by atoms with Gasteiger partial charge in [-0.25, -0.2) is 0 Å². The van der Waals surface area contributed by atoms with Crippen LogP contribution in [-0.4, -0.2) is 7.11 Å². The molecular formula is C18H13F3O2.